The summed E-state index contributed by atoms with van der Waals surface area (Å²) in [5, 5.41) is 0. The molecule has 0 N–H and O–H groups in total. The second-order valence-electron chi connectivity index (χ2n) is 4.66. The predicted molar refractivity (Wildman–Crippen MR) is 70.9 cm³/mol. The average molecular weight is 228 g/mol. The van der Waals surface area contributed by atoms with Gasteiger partial charge in [0.25, 0.3) is 0 Å². The van der Waals surface area contributed by atoms with Crippen LogP contribution in [0.5, 0.6) is 0 Å². The van der Waals surface area contributed by atoms with E-state index in [2.05, 4.69) is 38.1 Å². The molecule has 0 saturated carbocycles. The Morgan fingerprint density at radius 2 is 1.65 bits per heavy atom. The average Bonchev–Trinajstić information content (AvgIpc) is 2.31. The van der Waals surface area contributed by atoms with Crippen LogP contribution in [0, 0.1) is 20.8 Å². The summed E-state index contributed by atoms with van der Waals surface area (Å²) < 4.78 is 12.8. The lowest BCUT2D eigenvalue weighted by molar-refractivity contribution is 0.485. The minimum atomic E-state index is -0.403. The fourth-order valence-corrected chi connectivity index (χ4v) is 2.14. The lowest BCUT2D eigenvalue weighted by Crippen LogP contribution is -1.89. The molecule has 0 nitrogen and oxygen atoms in total. The van der Waals surface area contributed by atoms with Gasteiger partial charge in [-0.2, -0.15) is 0 Å². The quantitative estimate of drug-likeness (QED) is 0.696. The van der Waals surface area contributed by atoms with Gasteiger partial charge in [0, 0.05) is 0 Å². The zero-order valence-corrected chi connectivity index (χ0v) is 10.5. The van der Waals surface area contributed by atoms with Gasteiger partial charge in [0.1, 0.15) is 6.67 Å². The maximum atomic E-state index is 12.8. The lowest BCUT2D eigenvalue weighted by Gasteiger charge is -2.10. The largest absolute Gasteiger partial charge is 0.246 e. The molecule has 0 atom stereocenters. The van der Waals surface area contributed by atoms with Crippen molar-refractivity contribution in [1.29, 1.82) is 0 Å². The molecule has 0 fully saturated rings. The maximum absolute atomic E-state index is 12.8. The van der Waals surface area contributed by atoms with E-state index in [9.17, 15) is 4.39 Å². The summed E-state index contributed by atoms with van der Waals surface area (Å²) in [6.45, 7) is 5.77. The van der Waals surface area contributed by atoms with E-state index < -0.39 is 6.67 Å². The van der Waals surface area contributed by atoms with E-state index in [0.29, 0.717) is 0 Å². The van der Waals surface area contributed by atoms with E-state index in [1.54, 1.807) is 0 Å². The standard InChI is InChI=1S/C16H17F/c1-11-4-5-13(3)16(8-11)15-7-12(2)6-14(9-15)10-17/h4-9H,10H2,1-3H3. The third-order valence-corrected chi connectivity index (χ3v) is 3.00. The van der Waals surface area contributed by atoms with Crippen molar-refractivity contribution >= 4 is 0 Å². The van der Waals surface area contributed by atoms with E-state index in [1.807, 2.05) is 19.1 Å². The summed E-state index contributed by atoms with van der Waals surface area (Å²) in [7, 11) is 0. The first-order valence-electron chi connectivity index (χ1n) is 5.84. The summed E-state index contributed by atoms with van der Waals surface area (Å²) in [5.41, 5.74) is 6.62. The van der Waals surface area contributed by atoms with Gasteiger partial charge in [0.2, 0.25) is 0 Å². The van der Waals surface area contributed by atoms with Crippen LogP contribution in [-0.2, 0) is 6.67 Å². The van der Waals surface area contributed by atoms with Crippen molar-refractivity contribution in [3.05, 3.63) is 58.7 Å². The molecule has 0 bridgehead atoms. The summed E-state index contributed by atoms with van der Waals surface area (Å²) in [4.78, 5) is 0. The smallest absolute Gasteiger partial charge is 0.115 e. The van der Waals surface area contributed by atoms with E-state index in [0.717, 1.165) is 16.7 Å². The molecule has 0 saturated heterocycles. The Morgan fingerprint density at radius 3 is 2.35 bits per heavy atom. The van der Waals surface area contributed by atoms with Crippen LogP contribution < -0.4 is 0 Å². The van der Waals surface area contributed by atoms with Crippen LogP contribution in [0.25, 0.3) is 11.1 Å². The summed E-state index contributed by atoms with van der Waals surface area (Å²) >= 11 is 0. The van der Waals surface area contributed by atoms with Crippen LogP contribution >= 0.6 is 0 Å². The van der Waals surface area contributed by atoms with E-state index >= 15 is 0 Å². The number of rotatable bonds is 2. The zero-order valence-electron chi connectivity index (χ0n) is 10.5. The Hall–Kier alpha value is -1.63. The SMILES string of the molecule is Cc1cc(CF)cc(-c2cc(C)ccc2C)c1. The van der Waals surface area contributed by atoms with Gasteiger partial charge in [-0.1, -0.05) is 41.5 Å². The normalized spacial score (nSPS) is 10.6. The van der Waals surface area contributed by atoms with Crippen molar-refractivity contribution in [1.82, 2.24) is 0 Å². The van der Waals surface area contributed by atoms with Gasteiger partial charge in [0.15, 0.2) is 0 Å². The molecule has 0 aliphatic rings. The Bertz CT molecular complexity index is 541. The van der Waals surface area contributed by atoms with Gasteiger partial charge < -0.3 is 0 Å². The van der Waals surface area contributed by atoms with Crippen LogP contribution in [-0.4, -0.2) is 0 Å². The van der Waals surface area contributed by atoms with Crippen molar-refractivity contribution in [2.45, 2.75) is 27.4 Å². The van der Waals surface area contributed by atoms with Gasteiger partial charge in [-0.05, 0) is 49.1 Å². The highest BCUT2D eigenvalue weighted by Gasteiger charge is 2.04. The molecule has 1 heteroatoms. The van der Waals surface area contributed by atoms with Gasteiger partial charge in [-0.3, -0.25) is 0 Å². The highest BCUT2D eigenvalue weighted by atomic mass is 19.1. The molecule has 0 aliphatic heterocycles. The van der Waals surface area contributed by atoms with Gasteiger partial charge in [-0.25, -0.2) is 4.39 Å². The van der Waals surface area contributed by atoms with Crippen molar-refractivity contribution in [3.8, 4) is 11.1 Å². The molecule has 0 spiro atoms. The molecule has 88 valence electrons. The fourth-order valence-electron chi connectivity index (χ4n) is 2.14. The monoisotopic (exact) mass is 228 g/mol. The van der Waals surface area contributed by atoms with Gasteiger partial charge in [-0.15, -0.1) is 0 Å². The first-order valence-corrected chi connectivity index (χ1v) is 5.84. The maximum Gasteiger partial charge on any atom is 0.115 e. The molecule has 17 heavy (non-hydrogen) atoms. The highest BCUT2D eigenvalue weighted by Crippen LogP contribution is 2.26. The van der Waals surface area contributed by atoms with Crippen molar-refractivity contribution in [2.75, 3.05) is 0 Å². The number of alkyl halides is 1. The van der Waals surface area contributed by atoms with Crippen LogP contribution in [0.1, 0.15) is 22.3 Å². The first-order chi connectivity index (χ1) is 8.10. The highest BCUT2D eigenvalue weighted by molar-refractivity contribution is 5.69. The second-order valence-corrected chi connectivity index (χ2v) is 4.66. The van der Waals surface area contributed by atoms with Crippen LogP contribution in [0.3, 0.4) is 0 Å². The van der Waals surface area contributed by atoms with Crippen molar-refractivity contribution < 1.29 is 4.39 Å². The molecular formula is C16H17F. The molecule has 0 aromatic heterocycles. The summed E-state index contributed by atoms with van der Waals surface area (Å²) in [6, 6.07) is 12.3. The van der Waals surface area contributed by atoms with Gasteiger partial charge >= 0.3 is 0 Å². The molecular weight excluding hydrogens is 211 g/mol. The molecule has 0 radical (unpaired) electrons. The fraction of sp³-hybridized carbons (Fsp3) is 0.250. The molecule has 0 heterocycles. The van der Waals surface area contributed by atoms with E-state index in [4.69, 9.17) is 0 Å². The third kappa shape index (κ3) is 2.55. The number of benzene rings is 2. The summed E-state index contributed by atoms with van der Waals surface area (Å²) in [6.07, 6.45) is 0. The Kier molecular flexibility index (Phi) is 3.28. The Labute approximate surface area is 102 Å². The number of hydrogen-bond acceptors (Lipinski definition) is 0. The number of hydrogen-bond donors (Lipinski definition) is 0. The molecule has 2 aromatic carbocycles. The number of aryl methyl sites for hydroxylation is 3. The minimum Gasteiger partial charge on any atom is -0.246 e. The lowest BCUT2D eigenvalue weighted by atomic mass is 9.96. The zero-order chi connectivity index (χ0) is 12.4. The third-order valence-electron chi connectivity index (χ3n) is 3.00. The van der Waals surface area contributed by atoms with Crippen LogP contribution in [0.15, 0.2) is 36.4 Å². The van der Waals surface area contributed by atoms with E-state index in [1.165, 1.54) is 16.7 Å². The molecule has 2 aromatic rings. The Morgan fingerprint density at radius 1 is 0.882 bits per heavy atom. The topological polar surface area (TPSA) is 0 Å². The van der Waals surface area contributed by atoms with Crippen LogP contribution in [0.4, 0.5) is 4.39 Å². The van der Waals surface area contributed by atoms with E-state index in [-0.39, 0.29) is 0 Å². The molecule has 0 unspecified atom stereocenters. The first kappa shape index (κ1) is 11.8. The molecule has 2 rings (SSSR count). The molecule has 0 aliphatic carbocycles. The second kappa shape index (κ2) is 4.70. The van der Waals surface area contributed by atoms with Crippen LogP contribution in [0.2, 0.25) is 0 Å². The predicted octanol–water partition coefficient (Wildman–Crippen LogP) is 4.75. The molecule has 0 amide bonds. The summed E-state index contributed by atoms with van der Waals surface area (Å²) in [5.74, 6) is 0. The Balaban J connectivity index is 2.59. The van der Waals surface area contributed by atoms with Gasteiger partial charge in [0.05, 0.1) is 0 Å². The minimum absolute atomic E-state index is 0.403. The van der Waals surface area contributed by atoms with Crippen molar-refractivity contribution in [3.63, 3.8) is 0 Å². The van der Waals surface area contributed by atoms with Crippen molar-refractivity contribution in [2.24, 2.45) is 0 Å². The number of halogens is 1.